The highest BCUT2D eigenvalue weighted by Crippen LogP contribution is 2.18. The Morgan fingerprint density at radius 1 is 1.10 bits per heavy atom. The van der Waals surface area contributed by atoms with Crippen molar-refractivity contribution in [1.29, 1.82) is 0 Å². The van der Waals surface area contributed by atoms with Crippen LogP contribution in [0.1, 0.15) is 18.9 Å². The molecule has 0 aliphatic carbocycles. The summed E-state index contributed by atoms with van der Waals surface area (Å²) in [5.74, 6) is -0.922. The van der Waals surface area contributed by atoms with Crippen LogP contribution in [-0.4, -0.2) is 46.2 Å². The van der Waals surface area contributed by atoms with Gasteiger partial charge in [-0.1, -0.05) is 37.3 Å². The van der Waals surface area contributed by atoms with Gasteiger partial charge in [-0.2, -0.15) is 0 Å². The van der Waals surface area contributed by atoms with Crippen molar-refractivity contribution in [1.82, 2.24) is 0 Å². The summed E-state index contributed by atoms with van der Waals surface area (Å²) in [6.45, 7) is 1.35. The van der Waals surface area contributed by atoms with E-state index in [1.54, 1.807) is 6.08 Å². The molecule has 1 aromatic rings. The van der Waals surface area contributed by atoms with Gasteiger partial charge in [0.05, 0.1) is 19.8 Å². The van der Waals surface area contributed by atoms with Gasteiger partial charge in [0.1, 0.15) is 0 Å². The molecule has 20 heavy (non-hydrogen) atoms. The van der Waals surface area contributed by atoms with Gasteiger partial charge < -0.3 is 20.4 Å². The SMILES string of the molecule is CCC(CO)(CO)CO.O=C(O)C=Cc1ccccc1. The second-order valence-electron chi connectivity index (χ2n) is 4.41. The van der Waals surface area contributed by atoms with Gasteiger partial charge in [-0.15, -0.1) is 0 Å². The van der Waals surface area contributed by atoms with E-state index in [4.69, 9.17) is 20.4 Å². The van der Waals surface area contributed by atoms with E-state index in [9.17, 15) is 4.79 Å². The maximum Gasteiger partial charge on any atom is 0.328 e. The first-order chi connectivity index (χ1) is 9.53. The minimum atomic E-state index is -0.922. The molecule has 0 aromatic heterocycles. The zero-order chi connectivity index (χ0) is 15.4. The Labute approximate surface area is 118 Å². The minimum Gasteiger partial charge on any atom is -0.478 e. The Balaban J connectivity index is 0.000000370. The molecule has 5 nitrogen and oxygen atoms in total. The monoisotopic (exact) mass is 282 g/mol. The van der Waals surface area contributed by atoms with E-state index in [1.165, 1.54) is 0 Å². The van der Waals surface area contributed by atoms with E-state index < -0.39 is 11.4 Å². The zero-order valence-electron chi connectivity index (χ0n) is 11.6. The highest BCUT2D eigenvalue weighted by Gasteiger charge is 2.24. The molecule has 0 saturated carbocycles. The van der Waals surface area contributed by atoms with Crippen LogP contribution in [0.4, 0.5) is 0 Å². The topological polar surface area (TPSA) is 98.0 Å². The number of hydrogen-bond acceptors (Lipinski definition) is 4. The number of aliphatic carboxylic acids is 1. The number of rotatable bonds is 6. The summed E-state index contributed by atoms with van der Waals surface area (Å²) in [6.07, 6.45) is 3.27. The standard InChI is InChI=1S/C9H8O2.C6H14O3/c10-9(11)7-6-8-4-2-1-3-5-8;1-2-6(3-7,4-8)5-9/h1-7H,(H,10,11);7-9H,2-5H2,1H3. The molecule has 0 bridgehead atoms. The van der Waals surface area contributed by atoms with Crippen LogP contribution >= 0.6 is 0 Å². The molecule has 1 aromatic carbocycles. The van der Waals surface area contributed by atoms with Gasteiger partial charge in [-0.25, -0.2) is 4.79 Å². The molecule has 0 saturated heterocycles. The van der Waals surface area contributed by atoms with Crippen molar-refractivity contribution in [3.8, 4) is 0 Å². The van der Waals surface area contributed by atoms with Crippen molar-refractivity contribution >= 4 is 12.0 Å². The number of benzene rings is 1. The third kappa shape index (κ3) is 7.04. The smallest absolute Gasteiger partial charge is 0.328 e. The Bertz CT molecular complexity index is 378. The average molecular weight is 282 g/mol. The number of carbonyl (C=O) groups is 1. The van der Waals surface area contributed by atoms with Crippen molar-refractivity contribution in [2.24, 2.45) is 5.41 Å². The Morgan fingerprint density at radius 2 is 1.60 bits per heavy atom. The van der Waals surface area contributed by atoms with Crippen molar-refractivity contribution in [2.45, 2.75) is 13.3 Å². The predicted octanol–water partition coefficient (Wildman–Crippen LogP) is 1.14. The first-order valence-electron chi connectivity index (χ1n) is 6.32. The molecular formula is C15H22O5. The molecular weight excluding hydrogens is 260 g/mol. The van der Waals surface area contributed by atoms with Crippen molar-refractivity contribution < 1.29 is 25.2 Å². The van der Waals surface area contributed by atoms with E-state index in [0.717, 1.165) is 11.6 Å². The second-order valence-corrected chi connectivity index (χ2v) is 4.41. The third-order valence-corrected chi connectivity index (χ3v) is 2.97. The maximum atomic E-state index is 10.1. The minimum absolute atomic E-state index is 0.156. The summed E-state index contributed by atoms with van der Waals surface area (Å²) in [4.78, 5) is 10.1. The third-order valence-electron chi connectivity index (χ3n) is 2.97. The summed E-state index contributed by atoms with van der Waals surface area (Å²) in [6, 6.07) is 9.31. The molecule has 0 unspecified atom stereocenters. The fourth-order valence-electron chi connectivity index (χ4n) is 1.22. The molecule has 4 N–H and O–H groups in total. The van der Waals surface area contributed by atoms with E-state index >= 15 is 0 Å². The lowest BCUT2D eigenvalue weighted by atomic mass is 9.88. The van der Waals surface area contributed by atoms with Crippen LogP contribution in [0.25, 0.3) is 6.08 Å². The fourth-order valence-corrected chi connectivity index (χ4v) is 1.22. The molecule has 0 fully saturated rings. The summed E-state index contributed by atoms with van der Waals surface area (Å²) in [5.41, 5.74) is 0.231. The molecule has 0 aliphatic rings. The Kier molecular flexibility index (Phi) is 9.28. The lowest BCUT2D eigenvalue weighted by Crippen LogP contribution is -2.32. The van der Waals surface area contributed by atoms with Crippen molar-refractivity contribution in [3.63, 3.8) is 0 Å². The quantitative estimate of drug-likeness (QED) is 0.587. The normalized spacial score (nSPS) is 11.0. The number of hydrogen-bond donors (Lipinski definition) is 4. The number of carboxylic acid groups (broad SMARTS) is 1. The molecule has 5 heteroatoms. The fraction of sp³-hybridized carbons (Fsp3) is 0.400. The largest absolute Gasteiger partial charge is 0.478 e. The number of carboxylic acids is 1. The van der Waals surface area contributed by atoms with Gasteiger partial charge in [-0.3, -0.25) is 0 Å². The predicted molar refractivity (Wildman–Crippen MR) is 77.1 cm³/mol. The van der Waals surface area contributed by atoms with E-state index in [1.807, 2.05) is 37.3 Å². The van der Waals surface area contributed by atoms with Crippen LogP contribution in [0.5, 0.6) is 0 Å². The van der Waals surface area contributed by atoms with Crippen LogP contribution in [0.2, 0.25) is 0 Å². The van der Waals surface area contributed by atoms with Crippen molar-refractivity contribution in [3.05, 3.63) is 42.0 Å². The van der Waals surface area contributed by atoms with Gasteiger partial charge >= 0.3 is 5.97 Å². The zero-order valence-corrected chi connectivity index (χ0v) is 11.6. The highest BCUT2D eigenvalue weighted by atomic mass is 16.4. The van der Waals surface area contributed by atoms with Crippen molar-refractivity contribution in [2.75, 3.05) is 19.8 Å². The molecule has 112 valence electrons. The number of aliphatic hydroxyl groups excluding tert-OH is 3. The Hall–Kier alpha value is -1.69. The molecule has 0 aliphatic heterocycles. The summed E-state index contributed by atoms with van der Waals surface area (Å²) < 4.78 is 0. The number of aliphatic hydroxyl groups is 3. The molecule has 0 radical (unpaired) electrons. The lowest BCUT2D eigenvalue weighted by molar-refractivity contribution is -0.131. The first kappa shape index (κ1) is 18.3. The highest BCUT2D eigenvalue weighted by molar-refractivity contribution is 5.85. The maximum absolute atomic E-state index is 10.1. The lowest BCUT2D eigenvalue weighted by Gasteiger charge is -2.24. The van der Waals surface area contributed by atoms with Gasteiger partial charge in [0, 0.05) is 11.5 Å². The van der Waals surface area contributed by atoms with Gasteiger partial charge in [0.2, 0.25) is 0 Å². The van der Waals surface area contributed by atoms with Crippen LogP contribution < -0.4 is 0 Å². The second kappa shape index (κ2) is 10.1. The van der Waals surface area contributed by atoms with Crippen LogP contribution in [0.3, 0.4) is 0 Å². The Morgan fingerprint density at radius 3 is 1.90 bits per heavy atom. The summed E-state index contributed by atoms with van der Waals surface area (Å²) in [5, 5.41) is 34.3. The van der Waals surface area contributed by atoms with Gasteiger partial charge in [0.15, 0.2) is 0 Å². The van der Waals surface area contributed by atoms with Crippen LogP contribution in [-0.2, 0) is 4.79 Å². The van der Waals surface area contributed by atoms with E-state index in [-0.39, 0.29) is 19.8 Å². The molecule has 0 spiro atoms. The summed E-state index contributed by atoms with van der Waals surface area (Å²) >= 11 is 0. The molecule has 0 heterocycles. The first-order valence-corrected chi connectivity index (χ1v) is 6.32. The average Bonchev–Trinajstić information content (AvgIpc) is 2.50. The van der Waals surface area contributed by atoms with Gasteiger partial charge in [-0.05, 0) is 18.1 Å². The van der Waals surface area contributed by atoms with Crippen LogP contribution in [0, 0.1) is 5.41 Å². The molecule has 0 atom stereocenters. The van der Waals surface area contributed by atoms with Crippen LogP contribution in [0.15, 0.2) is 36.4 Å². The van der Waals surface area contributed by atoms with Gasteiger partial charge in [0.25, 0.3) is 0 Å². The summed E-state index contributed by atoms with van der Waals surface area (Å²) in [7, 11) is 0. The van der Waals surface area contributed by atoms with E-state index in [2.05, 4.69) is 0 Å². The molecule has 1 rings (SSSR count). The van der Waals surface area contributed by atoms with E-state index in [0.29, 0.717) is 6.42 Å². The molecule has 0 amide bonds.